The van der Waals surface area contributed by atoms with Crippen molar-refractivity contribution in [1.29, 1.82) is 0 Å². The number of hydrogen-bond acceptors (Lipinski definition) is 4. The van der Waals surface area contributed by atoms with E-state index in [9.17, 15) is 0 Å². The van der Waals surface area contributed by atoms with Gasteiger partial charge in [0.1, 0.15) is 5.82 Å². The SMILES string of the molecule is COC1(C)CCCN(c2ncc(CN)c3ccccc23)C1. The summed E-state index contributed by atoms with van der Waals surface area (Å²) >= 11 is 0. The number of pyridine rings is 1. The van der Waals surface area contributed by atoms with Gasteiger partial charge < -0.3 is 15.4 Å². The summed E-state index contributed by atoms with van der Waals surface area (Å²) in [6, 6.07) is 8.38. The lowest BCUT2D eigenvalue weighted by Crippen LogP contribution is -2.47. The summed E-state index contributed by atoms with van der Waals surface area (Å²) in [5, 5.41) is 2.38. The molecule has 1 aromatic heterocycles. The zero-order valence-corrected chi connectivity index (χ0v) is 12.8. The molecule has 2 aromatic rings. The second-order valence-electron chi connectivity index (χ2n) is 6.04. The number of rotatable bonds is 3. The fourth-order valence-corrected chi connectivity index (χ4v) is 3.20. The van der Waals surface area contributed by atoms with Gasteiger partial charge in [-0.2, -0.15) is 0 Å². The minimum Gasteiger partial charge on any atom is -0.377 e. The van der Waals surface area contributed by atoms with Crippen LogP contribution in [-0.4, -0.2) is 30.8 Å². The van der Waals surface area contributed by atoms with Crippen LogP contribution in [0.5, 0.6) is 0 Å². The third-order valence-electron chi connectivity index (χ3n) is 4.53. The van der Waals surface area contributed by atoms with Crippen molar-refractivity contribution in [2.75, 3.05) is 25.1 Å². The molecule has 0 amide bonds. The number of fused-ring (bicyclic) bond motifs is 1. The Balaban J connectivity index is 2.05. The Labute approximate surface area is 125 Å². The van der Waals surface area contributed by atoms with E-state index in [1.807, 2.05) is 6.20 Å². The Morgan fingerprint density at radius 3 is 2.81 bits per heavy atom. The van der Waals surface area contributed by atoms with Crippen LogP contribution in [0.2, 0.25) is 0 Å². The van der Waals surface area contributed by atoms with E-state index in [-0.39, 0.29) is 5.60 Å². The third kappa shape index (κ3) is 2.61. The molecule has 0 spiro atoms. The van der Waals surface area contributed by atoms with Crippen LogP contribution in [0.15, 0.2) is 30.5 Å². The number of hydrogen-bond donors (Lipinski definition) is 1. The van der Waals surface area contributed by atoms with Crippen molar-refractivity contribution in [2.45, 2.75) is 31.9 Å². The molecule has 21 heavy (non-hydrogen) atoms. The van der Waals surface area contributed by atoms with Crippen LogP contribution in [0, 0.1) is 0 Å². The molecule has 3 rings (SSSR count). The van der Waals surface area contributed by atoms with Crippen molar-refractivity contribution in [1.82, 2.24) is 4.98 Å². The Morgan fingerprint density at radius 2 is 2.10 bits per heavy atom. The summed E-state index contributed by atoms with van der Waals surface area (Å²) in [5.74, 6) is 1.05. The largest absolute Gasteiger partial charge is 0.377 e. The van der Waals surface area contributed by atoms with Crippen LogP contribution >= 0.6 is 0 Å². The highest BCUT2D eigenvalue weighted by Crippen LogP contribution is 2.32. The molecule has 0 saturated carbocycles. The van der Waals surface area contributed by atoms with Crippen molar-refractivity contribution in [2.24, 2.45) is 5.73 Å². The Hall–Kier alpha value is -1.65. The number of benzene rings is 1. The predicted octanol–water partition coefficient (Wildman–Crippen LogP) is 2.70. The lowest BCUT2D eigenvalue weighted by Gasteiger charge is -2.40. The number of ether oxygens (including phenoxy) is 1. The summed E-state index contributed by atoms with van der Waals surface area (Å²) in [6.45, 7) is 4.60. The average Bonchev–Trinajstić information content (AvgIpc) is 2.54. The van der Waals surface area contributed by atoms with E-state index in [1.165, 1.54) is 10.8 Å². The van der Waals surface area contributed by atoms with Gasteiger partial charge in [-0.3, -0.25) is 0 Å². The average molecular weight is 285 g/mol. The standard InChI is InChI=1S/C17H23N3O/c1-17(21-2)8-5-9-20(12-17)16-15-7-4-3-6-14(15)13(10-18)11-19-16/h3-4,6-7,11H,5,8-10,12,18H2,1-2H3. The maximum atomic E-state index is 5.84. The van der Waals surface area contributed by atoms with Crippen molar-refractivity contribution in [3.63, 3.8) is 0 Å². The van der Waals surface area contributed by atoms with E-state index < -0.39 is 0 Å². The minimum atomic E-state index is -0.0897. The molecule has 2 N–H and O–H groups in total. The minimum absolute atomic E-state index is 0.0897. The van der Waals surface area contributed by atoms with E-state index >= 15 is 0 Å². The lowest BCUT2D eigenvalue weighted by atomic mass is 9.94. The maximum absolute atomic E-state index is 5.84. The van der Waals surface area contributed by atoms with Crippen LogP contribution in [0.3, 0.4) is 0 Å². The molecule has 1 aliphatic heterocycles. The van der Waals surface area contributed by atoms with Gasteiger partial charge in [0.05, 0.1) is 5.60 Å². The fraction of sp³-hybridized carbons (Fsp3) is 0.471. The monoisotopic (exact) mass is 285 g/mol. The number of aromatic nitrogens is 1. The van der Waals surface area contributed by atoms with E-state index in [0.717, 1.165) is 37.3 Å². The first-order valence-corrected chi connectivity index (χ1v) is 7.54. The normalized spacial score (nSPS) is 22.7. The van der Waals surface area contributed by atoms with Crippen LogP contribution < -0.4 is 10.6 Å². The summed E-state index contributed by atoms with van der Waals surface area (Å²) in [5.41, 5.74) is 6.84. The molecule has 1 saturated heterocycles. The van der Waals surface area contributed by atoms with E-state index in [4.69, 9.17) is 15.5 Å². The number of nitrogens with zero attached hydrogens (tertiary/aromatic N) is 2. The molecule has 0 bridgehead atoms. The Kier molecular flexibility index (Phi) is 3.83. The van der Waals surface area contributed by atoms with Crippen molar-refractivity contribution in [3.05, 3.63) is 36.0 Å². The molecule has 2 heterocycles. The highest BCUT2D eigenvalue weighted by Gasteiger charge is 2.32. The van der Waals surface area contributed by atoms with Gasteiger partial charge >= 0.3 is 0 Å². The van der Waals surface area contributed by atoms with Gasteiger partial charge in [0.2, 0.25) is 0 Å². The van der Waals surface area contributed by atoms with Gasteiger partial charge in [-0.15, -0.1) is 0 Å². The number of methoxy groups -OCH3 is 1. The highest BCUT2D eigenvalue weighted by molar-refractivity contribution is 5.94. The van der Waals surface area contributed by atoms with Crippen molar-refractivity contribution in [3.8, 4) is 0 Å². The summed E-state index contributed by atoms with van der Waals surface area (Å²) in [6.07, 6.45) is 4.13. The van der Waals surface area contributed by atoms with E-state index in [2.05, 4.69) is 36.1 Å². The van der Waals surface area contributed by atoms with E-state index in [1.54, 1.807) is 7.11 Å². The molecule has 4 heteroatoms. The molecule has 1 unspecified atom stereocenters. The van der Waals surface area contributed by atoms with Gasteiger partial charge in [-0.25, -0.2) is 4.98 Å². The topological polar surface area (TPSA) is 51.4 Å². The molecular weight excluding hydrogens is 262 g/mol. The summed E-state index contributed by atoms with van der Waals surface area (Å²) in [7, 11) is 1.80. The molecule has 112 valence electrons. The maximum Gasteiger partial charge on any atom is 0.136 e. The molecule has 1 fully saturated rings. The number of anilines is 1. The number of piperidine rings is 1. The fourth-order valence-electron chi connectivity index (χ4n) is 3.20. The molecule has 0 radical (unpaired) electrons. The van der Waals surface area contributed by atoms with Crippen LogP contribution in [-0.2, 0) is 11.3 Å². The quantitative estimate of drug-likeness (QED) is 0.942. The molecule has 1 aliphatic rings. The van der Waals surface area contributed by atoms with Gasteiger partial charge in [0.25, 0.3) is 0 Å². The zero-order chi connectivity index (χ0) is 14.9. The van der Waals surface area contributed by atoms with Crippen molar-refractivity contribution < 1.29 is 4.74 Å². The Bertz CT molecular complexity index is 643. The van der Waals surface area contributed by atoms with Gasteiger partial charge in [-0.05, 0) is 30.7 Å². The first-order chi connectivity index (χ1) is 10.2. The van der Waals surface area contributed by atoms with Crippen molar-refractivity contribution >= 4 is 16.6 Å². The molecule has 0 aliphatic carbocycles. The van der Waals surface area contributed by atoms with Gasteiger partial charge in [0, 0.05) is 38.3 Å². The second-order valence-corrected chi connectivity index (χ2v) is 6.04. The van der Waals surface area contributed by atoms with E-state index in [0.29, 0.717) is 6.54 Å². The zero-order valence-electron chi connectivity index (χ0n) is 12.8. The molecule has 1 atom stereocenters. The molecule has 4 nitrogen and oxygen atoms in total. The summed E-state index contributed by atoms with van der Waals surface area (Å²) < 4.78 is 5.70. The van der Waals surface area contributed by atoms with Crippen LogP contribution in [0.4, 0.5) is 5.82 Å². The molecule has 1 aromatic carbocycles. The predicted molar refractivity (Wildman–Crippen MR) is 86.5 cm³/mol. The second kappa shape index (κ2) is 5.62. The van der Waals surface area contributed by atoms with Gasteiger partial charge in [-0.1, -0.05) is 24.3 Å². The first-order valence-electron chi connectivity index (χ1n) is 7.54. The lowest BCUT2D eigenvalue weighted by molar-refractivity contribution is -0.00475. The third-order valence-corrected chi connectivity index (χ3v) is 4.53. The van der Waals surface area contributed by atoms with Crippen LogP contribution in [0.1, 0.15) is 25.3 Å². The first kappa shape index (κ1) is 14.3. The van der Waals surface area contributed by atoms with Gasteiger partial charge in [0.15, 0.2) is 0 Å². The Morgan fingerprint density at radius 1 is 1.33 bits per heavy atom. The number of nitrogens with two attached hydrogens (primary N) is 1. The van der Waals surface area contributed by atoms with Crippen LogP contribution in [0.25, 0.3) is 10.8 Å². The smallest absolute Gasteiger partial charge is 0.136 e. The highest BCUT2D eigenvalue weighted by atomic mass is 16.5. The summed E-state index contributed by atoms with van der Waals surface area (Å²) in [4.78, 5) is 7.03. The molecular formula is C17H23N3O.